The minimum absolute atomic E-state index is 0. The van der Waals surface area contributed by atoms with E-state index in [1.54, 1.807) is 0 Å². The van der Waals surface area contributed by atoms with Crippen molar-refractivity contribution >= 4 is 12.4 Å². The second-order valence-corrected chi connectivity index (χ2v) is 4.06. The van der Waals surface area contributed by atoms with Crippen LogP contribution in [0.2, 0.25) is 0 Å². The summed E-state index contributed by atoms with van der Waals surface area (Å²) in [5.41, 5.74) is 0. The maximum Gasteiger partial charge on any atom is 0.184 e. The smallest absolute Gasteiger partial charge is 0.184 e. The summed E-state index contributed by atoms with van der Waals surface area (Å²) < 4.78 is 11.5. The minimum Gasteiger partial charge on any atom is -0.346 e. The molecule has 4 saturated heterocycles. The van der Waals surface area contributed by atoms with E-state index in [0.717, 1.165) is 19.8 Å². The van der Waals surface area contributed by atoms with Gasteiger partial charge in [0.2, 0.25) is 0 Å². The van der Waals surface area contributed by atoms with Gasteiger partial charge >= 0.3 is 0 Å². The number of ether oxygens (including phenoxy) is 2. The van der Waals surface area contributed by atoms with Crippen molar-refractivity contribution in [3.05, 3.63) is 0 Å². The Bertz CT molecular complexity index is 186. The molecule has 3 nitrogen and oxygen atoms in total. The molecule has 4 fully saturated rings. The predicted octanol–water partition coefficient (Wildman–Crippen LogP) is 0.877. The van der Waals surface area contributed by atoms with Crippen LogP contribution in [0.1, 0.15) is 12.8 Å². The molecule has 4 heteroatoms. The van der Waals surface area contributed by atoms with Gasteiger partial charge in [0.1, 0.15) is 0 Å². The molecular formula is C9H16ClNO2. The van der Waals surface area contributed by atoms with Crippen molar-refractivity contribution < 1.29 is 9.47 Å². The summed E-state index contributed by atoms with van der Waals surface area (Å²) in [6.07, 6.45) is 2.53. The van der Waals surface area contributed by atoms with E-state index in [9.17, 15) is 0 Å². The van der Waals surface area contributed by atoms with E-state index in [-0.39, 0.29) is 18.2 Å². The molecule has 4 aliphatic heterocycles. The van der Waals surface area contributed by atoms with Gasteiger partial charge in [-0.3, -0.25) is 4.90 Å². The Morgan fingerprint density at radius 1 is 1.08 bits per heavy atom. The van der Waals surface area contributed by atoms with Crippen LogP contribution in [-0.4, -0.2) is 43.5 Å². The Hall–Kier alpha value is 0.170. The Morgan fingerprint density at radius 2 is 1.69 bits per heavy atom. The molecule has 2 bridgehead atoms. The summed E-state index contributed by atoms with van der Waals surface area (Å²) >= 11 is 0. The van der Waals surface area contributed by atoms with Crippen molar-refractivity contribution in [2.24, 2.45) is 5.92 Å². The van der Waals surface area contributed by atoms with Gasteiger partial charge in [-0.2, -0.15) is 0 Å². The summed E-state index contributed by atoms with van der Waals surface area (Å²) in [5.74, 6) is 0.487. The summed E-state index contributed by atoms with van der Waals surface area (Å²) in [6.45, 7) is 5.10. The van der Waals surface area contributed by atoms with Gasteiger partial charge in [-0.25, -0.2) is 0 Å². The van der Waals surface area contributed by atoms with Crippen LogP contribution in [0.25, 0.3) is 0 Å². The normalized spacial score (nSPS) is 40.6. The largest absolute Gasteiger partial charge is 0.346 e. The summed E-state index contributed by atoms with van der Waals surface area (Å²) in [4.78, 5) is 2.46. The lowest BCUT2D eigenvalue weighted by Gasteiger charge is -2.49. The van der Waals surface area contributed by atoms with Gasteiger partial charge in [0.25, 0.3) is 0 Å². The first kappa shape index (κ1) is 9.71. The van der Waals surface area contributed by atoms with E-state index in [4.69, 9.17) is 9.47 Å². The maximum atomic E-state index is 5.75. The Kier molecular flexibility index (Phi) is 2.53. The third-order valence-electron chi connectivity index (χ3n) is 3.43. The number of rotatable bonds is 0. The molecule has 0 N–H and O–H groups in total. The standard InChI is InChI=1S/C9H15NO2.ClH/c1-3-10-4-2-8(1)9(7-10)11-5-6-12-9;/h8H,1-7H2;1H. The third kappa shape index (κ3) is 1.38. The molecule has 0 aromatic rings. The topological polar surface area (TPSA) is 21.7 Å². The highest BCUT2D eigenvalue weighted by Crippen LogP contribution is 2.40. The molecule has 0 radical (unpaired) electrons. The summed E-state index contributed by atoms with van der Waals surface area (Å²) in [6, 6.07) is 0. The molecule has 4 rings (SSSR count). The monoisotopic (exact) mass is 205 g/mol. The van der Waals surface area contributed by atoms with Crippen molar-refractivity contribution in [2.45, 2.75) is 18.6 Å². The molecule has 4 heterocycles. The average molecular weight is 206 g/mol. The molecular weight excluding hydrogens is 190 g/mol. The zero-order valence-electron chi connectivity index (χ0n) is 7.70. The fourth-order valence-corrected chi connectivity index (χ4v) is 2.77. The highest BCUT2D eigenvalue weighted by Gasteiger charge is 2.50. The lowest BCUT2D eigenvalue weighted by Crippen LogP contribution is -2.59. The first-order valence-corrected chi connectivity index (χ1v) is 4.89. The maximum absolute atomic E-state index is 5.75. The Labute approximate surface area is 84.8 Å². The molecule has 1 spiro atoms. The number of hydrogen-bond acceptors (Lipinski definition) is 3. The number of fused-ring (bicyclic) bond motifs is 2. The molecule has 0 unspecified atom stereocenters. The van der Waals surface area contributed by atoms with Crippen molar-refractivity contribution in [2.75, 3.05) is 32.8 Å². The van der Waals surface area contributed by atoms with Gasteiger partial charge < -0.3 is 9.47 Å². The number of hydrogen-bond donors (Lipinski definition) is 0. The minimum atomic E-state index is -0.184. The zero-order valence-corrected chi connectivity index (χ0v) is 8.52. The molecule has 76 valence electrons. The zero-order chi connectivity index (χ0) is 8.02. The van der Waals surface area contributed by atoms with E-state index in [1.165, 1.54) is 25.9 Å². The quantitative estimate of drug-likeness (QED) is 0.586. The SMILES string of the molecule is C1COC2(CN3CCC2CC3)O1.Cl. The van der Waals surface area contributed by atoms with E-state index in [1.807, 2.05) is 0 Å². The van der Waals surface area contributed by atoms with Crippen LogP contribution in [0.15, 0.2) is 0 Å². The number of nitrogens with zero attached hydrogens (tertiary/aromatic N) is 1. The second kappa shape index (κ2) is 3.39. The van der Waals surface area contributed by atoms with Crippen LogP contribution in [0.3, 0.4) is 0 Å². The van der Waals surface area contributed by atoms with E-state index in [2.05, 4.69) is 4.90 Å². The summed E-state index contributed by atoms with van der Waals surface area (Å²) in [7, 11) is 0. The molecule has 0 atom stereocenters. The molecule has 0 aromatic carbocycles. The van der Waals surface area contributed by atoms with Crippen molar-refractivity contribution in [3.63, 3.8) is 0 Å². The first-order valence-electron chi connectivity index (χ1n) is 4.89. The van der Waals surface area contributed by atoms with Gasteiger partial charge in [0.05, 0.1) is 19.8 Å². The van der Waals surface area contributed by atoms with E-state index >= 15 is 0 Å². The molecule has 13 heavy (non-hydrogen) atoms. The van der Waals surface area contributed by atoms with Gasteiger partial charge in [0.15, 0.2) is 5.79 Å². The van der Waals surface area contributed by atoms with E-state index < -0.39 is 0 Å². The molecule has 4 aliphatic rings. The molecule has 0 saturated carbocycles. The van der Waals surface area contributed by atoms with Crippen LogP contribution < -0.4 is 0 Å². The molecule has 0 aliphatic carbocycles. The van der Waals surface area contributed by atoms with Gasteiger partial charge in [-0.15, -0.1) is 12.4 Å². The van der Waals surface area contributed by atoms with Crippen molar-refractivity contribution in [1.82, 2.24) is 4.90 Å². The third-order valence-corrected chi connectivity index (χ3v) is 3.43. The van der Waals surface area contributed by atoms with Gasteiger partial charge in [-0.05, 0) is 25.9 Å². The van der Waals surface area contributed by atoms with E-state index in [0.29, 0.717) is 5.92 Å². The van der Waals surface area contributed by atoms with Gasteiger partial charge in [0, 0.05) is 5.92 Å². The second-order valence-electron chi connectivity index (χ2n) is 4.06. The molecule has 0 amide bonds. The number of piperidine rings is 3. The van der Waals surface area contributed by atoms with Crippen LogP contribution >= 0.6 is 12.4 Å². The highest BCUT2D eigenvalue weighted by molar-refractivity contribution is 5.85. The Morgan fingerprint density at radius 3 is 2.15 bits per heavy atom. The van der Waals surface area contributed by atoms with Gasteiger partial charge in [-0.1, -0.05) is 0 Å². The average Bonchev–Trinajstić information content (AvgIpc) is 2.55. The highest BCUT2D eigenvalue weighted by atomic mass is 35.5. The summed E-state index contributed by atoms with van der Waals surface area (Å²) in [5, 5.41) is 0. The fraction of sp³-hybridized carbons (Fsp3) is 1.00. The lowest BCUT2D eigenvalue weighted by atomic mass is 9.83. The van der Waals surface area contributed by atoms with Crippen LogP contribution in [-0.2, 0) is 9.47 Å². The van der Waals surface area contributed by atoms with Crippen LogP contribution in [0, 0.1) is 5.92 Å². The lowest BCUT2D eigenvalue weighted by molar-refractivity contribution is -0.243. The van der Waals surface area contributed by atoms with Crippen molar-refractivity contribution in [1.29, 1.82) is 0 Å². The van der Waals surface area contributed by atoms with Crippen LogP contribution in [0.5, 0.6) is 0 Å². The Balaban J connectivity index is 0.000000653. The first-order chi connectivity index (χ1) is 5.89. The van der Waals surface area contributed by atoms with Crippen LogP contribution in [0.4, 0.5) is 0 Å². The molecule has 0 aromatic heterocycles. The fourth-order valence-electron chi connectivity index (χ4n) is 2.77. The number of halogens is 1. The van der Waals surface area contributed by atoms with Crippen molar-refractivity contribution in [3.8, 4) is 0 Å². The predicted molar refractivity (Wildman–Crippen MR) is 51.0 cm³/mol.